The Labute approximate surface area is 141 Å². The van der Waals surface area contributed by atoms with Crippen LogP contribution in [0.25, 0.3) is 5.69 Å². The molecule has 1 atom stereocenters. The van der Waals surface area contributed by atoms with Gasteiger partial charge in [0, 0.05) is 6.04 Å². The van der Waals surface area contributed by atoms with Gasteiger partial charge in [0.15, 0.2) is 0 Å². The van der Waals surface area contributed by atoms with Gasteiger partial charge in [0.2, 0.25) is 11.1 Å². The topological polar surface area (TPSA) is 72.7 Å². The molecule has 0 bridgehead atoms. The molecule has 1 aromatic heterocycles. The van der Waals surface area contributed by atoms with Crippen LogP contribution in [-0.2, 0) is 4.79 Å². The molecule has 1 amide bonds. The van der Waals surface area contributed by atoms with E-state index in [0.29, 0.717) is 16.8 Å². The second-order valence-electron chi connectivity index (χ2n) is 5.78. The molecular formula is C16H23N5OS. The monoisotopic (exact) mass is 333 g/mol. The summed E-state index contributed by atoms with van der Waals surface area (Å²) in [6.45, 7) is 8.34. The maximum absolute atomic E-state index is 11.9. The molecule has 0 aliphatic carbocycles. The molecule has 1 aromatic carbocycles. The highest BCUT2D eigenvalue weighted by atomic mass is 32.2. The number of carbonyl (C=O) groups is 1. The van der Waals surface area contributed by atoms with E-state index in [1.807, 2.05) is 26.0 Å². The van der Waals surface area contributed by atoms with Crippen molar-refractivity contribution in [2.75, 3.05) is 5.75 Å². The van der Waals surface area contributed by atoms with Gasteiger partial charge in [-0.25, -0.2) is 0 Å². The van der Waals surface area contributed by atoms with E-state index in [9.17, 15) is 4.79 Å². The molecule has 2 aromatic rings. The quantitative estimate of drug-likeness (QED) is 0.789. The van der Waals surface area contributed by atoms with Gasteiger partial charge in [0.1, 0.15) is 0 Å². The summed E-state index contributed by atoms with van der Waals surface area (Å²) in [5, 5.41) is 15.3. The predicted octanol–water partition coefficient (Wildman–Crippen LogP) is 2.79. The fourth-order valence-electron chi connectivity index (χ4n) is 1.98. The lowest BCUT2D eigenvalue weighted by Gasteiger charge is -2.11. The molecule has 0 aliphatic rings. The highest BCUT2D eigenvalue weighted by Gasteiger charge is 2.12. The van der Waals surface area contributed by atoms with Crippen molar-refractivity contribution in [3.63, 3.8) is 0 Å². The van der Waals surface area contributed by atoms with Crippen LogP contribution in [0.1, 0.15) is 45.6 Å². The molecule has 23 heavy (non-hydrogen) atoms. The smallest absolute Gasteiger partial charge is 0.230 e. The minimum Gasteiger partial charge on any atom is -0.353 e. The van der Waals surface area contributed by atoms with E-state index in [0.717, 1.165) is 12.1 Å². The van der Waals surface area contributed by atoms with Crippen LogP contribution in [0.2, 0.25) is 0 Å². The maximum atomic E-state index is 11.9. The number of rotatable bonds is 7. The van der Waals surface area contributed by atoms with E-state index < -0.39 is 0 Å². The molecule has 6 nitrogen and oxygen atoms in total. The Balaban J connectivity index is 2.03. The van der Waals surface area contributed by atoms with E-state index in [4.69, 9.17) is 0 Å². The maximum Gasteiger partial charge on any atom is 0.230 e. The van der Waals surface area contributed by atoms with Gasteiger partial charge in [0.25, 0.3) is 0 Å². The molecule has 0 spiro atoms. The van der Waals surface area contributed by atoms with Gasteiger partial charge in [-0.15, -0.1) is 5.10 Å². The molecule has 1 N–H and O–H groups in total. The van der Waals surface area contributed by atoms with Crippen LogP contribution >= 0.6 is 11.8 Å². The highest BCUT2D eigenvalue weighted by Crippen LogP contribution is 2.20. The van der Waals surface area contributed by atoms with Crippen LogP contribution in [0.3, 0.4) is 0 Å². The Kier molecular flexibility index (Phi) is 6.15. The van der Waals surface area contributed by atoms with Crippen molar-refractivity contribution in [1.82, 2.24) is 25.5 Å². The van der Waals surface area contributed by atoms with Gasteiger partial charge in [-0.3, -0.25) is 4.79 Å². The number of amides is 1. The second kappa shape index (κ2) is 8.10. The predicted molar refractivity (Wildman–Crippen MR) is 91.9 cm³/mol. The number of nitrogens with zero attached hydrogens (tertiary/aromatic N) is 4. The normalized spacial score (nSPS) is 12.4. The van der Waals surface area contributed by atoms with Crippen molar-refractivity contribution >= 4 is 17.7 Å². The van der Waals surface area contributed by atoms with Crippen LogP contribution < -0.4 is 5.32 Å². The fourth-order valence-corrected chi connectivity index (χ4v) is 2.68. The zero-order valence-corrected chi connectivity index (χ0v) is 14.8. The van der Waals surface area contributed by atoms with E-state index in [-0.39, 0.29) is 11.9 Å². The average Bonchev–Trinajstić information content (AvgIpc) is 3.01. The Morgan fingerprint density at radius 2 is 1.96 bits per heavy atom. The molecule has 0 aliphatic heterocycles. The summed E-state index contributed by atoms with van der Waals surface area (Å²) in [4.78, 5) is 11.9. The Morgan fingerprint density at radius 1 is 1.26 bits per heavy atom. The second-order valence-corrected chi connectivity index (χ2v) is 6.73. The third-order valence-corrected chi connectivity index (χ3v) is 4.52. The number of carbonyl (C=O) groups excluding carboxylic acids is 1. The number of benzene rings is 1. The first-order valence-electron chi connectivity index (χ1n) is 7.82. The van der Waals surface area contributed by atoms with Crippen molar-refractivity contribution in [1.29, 1.82) is 0 Å². The first-order chi connectivity index (χ1) is 11.0. The summed E-state index contributed by atoms with van der Waals surface area (Å²) < 4.78 is 1.66. The molecule has 0 radical (unpaired) electrons. The van der Waals surface area contributed by atoms with E-state index in [2.05, 4.69) is 46.8 Å². The van der Waals surface area contributed by atoms with Crippen LogP contribution in [0.4, 0.5) is 0 Å². The highest BCUT2D eigenvalue weighted by molar-refractivity contribution is 7.99. The molecule has 1 heterocycles. The third-order valence-electron chi connectivity index (χ3n) is 3.60. The molecule has 0 saturated heterocycles. The van der Waals surface area contributed by atoms with Gasteiger partial charge in [-0.1, -0.05) is 44.7 Å². The molecule has 0 unspecified atom stereocenters. The Morgan fingerprint density at radius 3 is 2.57 bits per heavy atom. The van der Waals surface area contributed by atoms with Crippen LogP contribution in [-0.4, -0.2) is 37.9 Å². The van der Waals surface area contributed by atoms with E-state index in [1.165, 1.54) is 17.3 Å². The van der Waals surface area contributed by atoms with Gasteiger partial charge in [-0.2, -0.15) is 4.68 Å². The van der Waals surface area contributed by atoms with Crippen molar-refractivity contribution in [2.24, 2.45) is 0 Å². The number of hydrogen-bond acceptors (Lipinski definition) is 5. The minimum absolute atomic E-state index is 0.00550. The number of tetrazole rings is 1. The van der Waals surface area contributed by atoms with Crippen LogP contribution in [0, 0.1) is 0 Å². The van der Waals surface area contributed by atoms with Crippen molar-refractivity contribution in [3.05, 3.63) is 29.8 Å². The largest absolute Gasteiger partial charge is 0.353 e. The number of nitrogens with one attached hydrogen (secondary N) is 1. The first kappa shape index (κ1) is 17.5. The molecule has 7 heteroatoms. The zero-order valence-electron chi connectivity index (χ0n) is 14.0. The Hall–Kier alpha value is -1.89. The summed E-state index contributed by atoms with van der Waals surface area (Å²) in [6, 6.07) is 8.32. The standard InChI is InChI=1S/C16H23N5OS/c1-5-12(4)17-15(22)10-23-16-18-19-20-21(16)14-8-6-13(7-9-14)11(2)3/h6-9,11-12H,5,10H2,1-4H3,(H,17,22)/t12-/m0/s1. The van der Waals surface area contributed by atoms with Crippen molar-refractivity contribution in [2.45, 2.75) is 51.2 Å². The molecule has 0 fully saturated rings. The lowest BCUT2D eigenvalue weighted by Crippen LogP contribution is -2.33. The summed E-state index contributed by atoms with van der Waals surface area (Å²) >= 11 is 1.33. The SMILES string of the molecule is CC[C@H](C)NC(=O)CSc1nnnn1-c1ccc(C(C)C)cc1. The fraction of sp³-hybridized carbons (Fsp3) is 0.500. The lowest BCUT2D eigenvalue weighted by atomic mass is 10.0. The molecule has 2 rings (SSSR count). The molecule has 0 saturated carbocycles. The number of thioether (sulfide) groups is 1. The lowest BCUT2D eigenvalue weighted by molar-refractivity contribution is -0.119. The van der Waals surface area contributed by atoms with Gasteiger partial charge < -0.3 is 5.32 Å². The third kappa shape index (κ3) is 4.79. The van der Waals surface area contributed by atoms with Crippen LogP contribution in [0.5, 0.6) is 0 Å². The first-order valence-corrected chi connectivity index (χ1v) is 8.80. The van der Waals surface area contributed by atoms with Crippen molar-refractivity contribution in [3.8, 4) is 5.69 Å². The molecular weight excluding hydrogens is 310 g/mol. The van der Waals surface area contributed by atoms with E-state index in [1.54, 1.807) is 4.68 Å². The number of aromatic nitrogens is 4. The Bertz CT molecular complexity index is 638. The van der Waals surface area contributed by atoms with Gasteiger partial charge >= 0.3 is 0 Å². The summed E-state index contributed by atoms with van der Waals surface area (Å²) in [7, 11) is 0. The van der Waals surface area contributed by atoms with Crippen LogP contribution in [0.15, 0.2) is 29.4 Å². The average molecular weight is 333 g/mol. The van der Waals surface area contributed by atoms with Gasteiger partial charge in [0.05, 0.1) is 11.4 Å². The summed E-state index contributed by atoms with van der Waals surface area (Å²) in [6.07, 6.45) is 0.913. The minimum atomic E-state index is -0.00550. The summed E-state index contributed by atoms with van der Waals surface area (Å²) in [5.74, 6) is 0.777. The zero-order chi connectivity index (χ0) is 16.8. The summed E-state index contributed by atoms with van der Waals surface area (Å²) in [5.41, 5.74) is 2.16. The molecule has 124 valence electrons. The van der Waals surface area contributed by atoms with Crippen molar-refractivity contribution < 1.29 is 4.79 Å². The van der Waals surface area contributed by atoms with Gasteiger partial charge in [-0.05, 0) is 47.4 Å². The van der Waals surface area contributed by atoms with E-state index >= 15 is 0 Å². The number of hydrogen-bond donors (Lipinski definition) is 1.